The second kappa shape index (κ2) is 6.59. The minimum atomic E-state index is -0.0754. The minimum Gasteiger partial charge on any atom is -0.375 e. The summed E-state index contributed by atoms with van der Waals surface area (Å²) in [6.45, 7) is 4.38. The zero-order chi connectivity index (χ0) is 18.1. The smallest absolute Gasteiger partial charge is 0.223 e. The van der Waals surface area contributed by atoms with Crippen LogP contribution >= 0.6 is 0 Å². The molecule has 0 aliphatic carbocycles. The molecule has 26 heavy (non-hydrogen) atoms. The number of hydrogen-bond acceptors (Lipinski definition) is 5. The van der Waals surface area contributed by atoms with Gasteiger partial charge in [-0.05, 0) is 59.7 Å². The third-order valence-electron chi connectivity index (χ3n) is 4.62. The van der Waals surface area contributed by atoms with Crippen LogP contribution in [0, 0.1) is 0 Å². The van der Waals surface area contributed by atoms with E-state index in [2.05, 4.69) is 26.9 Å². The Hall–Kier alpha value is -3.22. The van der Waals surface area contributed by atoms with Crippen LogP contribution in [0.25, 0.3) is 5.69 Å². The van der Waals surface area contributed by atoms with Crippen LogP contribution < -0.4 is 10.2 Å². The third-order valence-corrected chi connectivity index (χ3v) is 4.62. The summed E-state index contributed by atoms with van der Waals surface area (Å²) in [5.74, 6) is 0.821. The normalized spacial score (nSPS) is 14.2. The van der Waals surface area contributed by atoms with Gasteiger partial charge in [0.2, 0.25) is 5.91 Å². The summed E-state index contributed by atoms with van der Waals surface area (Å²) in [5, 5.41) is 15.6. The topological polar surface area (TPSA) is 75.9 Å². The fourth-order valence-electron chi connectivity index (χ4n) is 3.35. The van der Waals surface area contributed by atoms with Gasteiger partial charge >= 0.3 is 0 Å². The van der Waals surface area contributed by atoms with Gasteiger partial charge in [0.1, 0.15) is 0 Å². The molecule has 0 bridgehead atoms. The Morgan fingerprint density at radius 3 is 2.77 bits per heavy atom. The molecule has 1 aromatic heterocycles. The van der Waals surface area contributed by atoms with E-state index in [-0.39, 0.29) is 11.9 Å². The fourth-order valence-corrected chi connectivity index (χ4v) is 3.35. The van der Waals surface area contributed by atoms with Gasteiger partial charge in [-0.3, -0.25) is 4.79 Å². The van der Waals surface area contributed by atoms with Gasteiger partial charge in [0, 0.05) is 24.8 Å². The number of para-hydroxylation sites is 1. The van der Waals surface area contributed by atoms with Crippen molar-refractivity contribution < 1.29 is 4.79 Å². The highest BCUT2D eigenvalue weighted by Gasteiger charge is 2.23. The molecular formula is C19H20N6O. The van der Waals surface area contributed by atoms with Crippen molar-refractivity contribution in [3.8, 4) is 5.69 Å². The van der Waals surface area contributed by atoms with Crippen LogP contribution in [0.15, 0.2) is 48.5 Å². The number of fused-ring (bicyclic) bond motifs is 1. The van der Waals surface area contributed by atoms with E-state index in [0.717, 1.165) is 35.9 Å². The average Bonchev–Trinajstić information content (AvgIpc) is 3.29. The summed E-state index contributed by atoms with van der Waals surface area (Å²) in [7, 11) is 0. The van der Waals surface area contributed by atoms with E-state index in [1.165, 1.54) is 5.56 Å². The zero-order valence-electron chi connectivity index (χ0n) is 14.8. The van der Waals surface area contributed by atoms with E-state index >= 15 is 0 Å². The molecule has 7 nitrogen and oxygen atoms in total. The number of rotatable bonds is 4. The van der Waals surface area contributed by atoms with Crippen LogP contribution in [-0.2, 0) is 11.2 Å². The van der Waals surface area contributed by atoms with Crippen molar-refractivity contribution in [2.24, 2.45) is 0 Å². The maximum atomic E-state index is 11.7. The molecule has 0 fully saturated rings. The molecule has 0 saturated carbocycles. The molecule has 4 rings (SSSR count). The Kier molecular flexibility index (Phi) is 4.12. The van der Waals surface area contributed by atoms with E-state index in [9.17, 15) is 4.79 Å². The molecule has 0 radical (unpaired) electrons. The summed E-state index contributed by atoms with van der Waals surface area (Å²) in [6, 6.07) is 15.8. The van der Waals surface area contributed by atoms with Gasteiger partial charge in [0.15, 0.2) is 5.82 Å². The lowest BCUT2D eigenvalue weighted by molar-refractivity contribution is -0.116. The lowest BCUT2D eigenvalue weighted by atomic mass is 10.1. The van der Waals surface area contributed by atoms with Crippen molar-refractivity contribution in [3.63, 3.8) is 0 Å². The van der Waals surface area contributed by atoms with Crippen molar-refractivity contribution >= 4 is 17.3 Å². The highest BCUT2D eigenvalue weighted by Crippen LogP contribution is 2.31. The minimum absolute atomic E-state index is 0.0754. The number of benzene rings is 2. The molecule has 1 amide bonds. The van der Waals surface area contributed by atoms with Crippen LogP contribution in [-0.4, -0.2) is 32.7 Å². The van der Waals surface area contributed by atoms with Gasteiger partial charge in [-0.25, -0.2) is 0 Å². The second-order valence-electron chi connectivity index (χ2n) is 6.41. The van der Waals surface area contributed by atoms with Crippen molar-refractivity contribution in [2.75, 3.05) is 16.8 Å². The first-order valence-electron chi connectivity index (χ1n) is 8.65. The van der Waals surface area contributed by atoms with Crippen LogP contribution in [0.3, 0.4) is 0 Å². The lowest BCUT2D eigenvalue weighted by Gasteiger charge is -2.17. The molecule has 2 aromatic carbocycles. The number of nitrogens with one attached hydrogen (secondary N) is 1. The zero-order valence-corrected chi connectivity index (χ0v) is 14.8. The summed E-state index contributed by atoms with van der Waals surface area (Å²) >= 11 is 0. The molecule has 0 spiro atoms. The monoisotopic (exact) mass is 348 g/mol. The number of aromatic nitrogens is 4. The van der Waals surface area contributed by atoms with Gasteiger partial charge in [0.05, 0.1) is 11.7 Å². The Morgan fingerprint density at radius 1 is 1.19 bits per heavy atom. The molecule has 1 aliphatic rings. The summed E-state index contributed by atoms with van der Waals surface area (Å²) in [4.78, 5) is 13.5. The van der Waals surface area contributed by atoms with Crippen LogP contribution in [0.1, 0.15) is 31.3 Å². The number of nitrogens with zero attached hydrogens (tertiary/aromatic N) is 5. The molecule has 132 valence electrons. The molecule has 2 heterocycles. The number of carbonyl (C=O) groups excluding carboxylic acids is 1. The van der Waals surface area contributed by atoms with E-state index < -0.39 is 0 Å². The standard InChI is InChI=1S/C19H20N6O/c1-13(19-21-22-23-25(19)17-6-4-3-5-7-17)20-16-8-9-18-15(12-16)10-11-24(18)14(2)26/h3-9,12-13,20H,10-11H2,1-2H3. The average molecular weight is 348 g/mol. The first-order chi connectivity index (χ1) is 12.6. The van der Waals surface area contributed by atoms with Gasteiger partial charge in [-0.2, -0.15) is 4.68 Å². The van der Waals surface area contributed by atoms with Crippen molar-refractivity contribution in [2.45, 2.75) is 26.3 Å². The first kappa shape index (κ1) is 16.3. The SMILES string of the molecule is CC(=O)N1CCc2cc(NC(C)c3nnnn3-c3ccccc3)ccc21. The fraction of sp³-hybridized carbons (Fsp3) is 0.263. The number of anilines is 2. The van der Waals surface area contributed by atoms with Crippen molar-refractivity contribution in [1.29, 1.82) is 0 Å². The molecule has 7 heteroatoms. The van der Waals surface area contributed by atoms with Gasteiger partial charge < -0.3 is 10.2 Å². The number of carbonyl (C=O) groups is 1. The van der Waals surface area contributed by atoms with Crippen molar-refractivity contribution in [1.82, 2.24) is 20.2 Å². The van der Waals surface area contributed by atoms with Crippen LogP contribution in [0.5, 0.6) is 0 Å². The Balaban J connectivity index is 1.56. The number of amides is 1. The van der Waals surface area contributed by atoms with Gasteiger partial charge in [-0.1, -0.05) is 18.2 Å². The highest BCUT2D eigenvalue weighted by atomic mass is 16.2. The Labute approximate surface area is 151 Å². The molecule has 1 atom stereocenters. The molecule has 0 saturated heterocycles. The van der Waals surface area contributed by atoms with Gasteiger partial charge in [0.25, 0.3) is 0 Å². The number of tetrazole rings is 1. The molecular weight excluding hydrogens is 328 g/mol. The third kappa shape index (κ3) is 2.92. The molecule has 1 N–H and O–H groups in total. The van der Waals surface area contributed by atoms with E-state index in [1.807, 2.05) is 54.3 Å². The second-order valence-corrected chi connectivity index (χ2v) is 6.41. The largest absolute Gasteiger partial charge is 0.375 e. The summed E-state index contributed by atoms with van der Waals surface area (Å²) < 4.78 is 1.74. The predicted octanol–water partition coefficient (Wildman–Crippen LogP) is 2.74. The van der Waals surface area contributed by atoms with E-state index in [0.29, 0.717) is 0 Å². The van der Waals surface area contributed by atoms with Crippen LogP contribution in [0.4, 0.5) is 11.4 Å². The molecule has 3 aromatic rings. The predicted molar refractivity (Wildman–Crippen MR) is 99.4 cm³/mol. The maximum Gasteiger partial charge on any atom is 0.223 e. The Morgan fingerprint density at radius 2 is 2.00 bits per heavy atom. The van der Waals surface area contributed by atoms with Crippen molar-refractivity contribution in [3.05, 3.63) is 59.9 Å². The quantitative estimate of drug-likeness (QED) is 0.784. The maximum absolute atomic E-state index is 11.7. The van der Waals surface area contributed by atoms with Crippen LogP contribution in [0.2, 0.25) is 0 Å². The summed E-state index contributed by atoms with van der Waals surface area (Å²) in [5.41, 5.74) is 4.10. The highest BCUT2D eigenvalue weighted by molar-refractivity contribution is 5.94. The molecule has 1 aliphatic heterocycles. The Bertz CT molecular complexity index is 936. The van der Waals surface area contributed by atoms with Gasteiger partial charge in [-0.15, -0.1) is 5.10 Å². The van der Waals surface area contributed by atoms with E-state index in [4.69, 9.17) is 0 Å². The first-order valence-corrected chi connectivity index (χ1v) is 8.65. The van der Waals surface area contributed by atoms with E-state index in [1.54, 1.807) is 11.6 Å². The number of hydrogen-bond donors (Lipinski definition) is 1. The summed E-state index contributed by atoms with van der Waals surface area (Å²) in [6.07, 6.45) is 0.876. The molecule has 1 unspecified atom stereocenters. The lowest BCUT2D eigenvalue weighted by Crippen LogP contribution is -2.25.